The first-order valence-corrected chi connectivity index (χ1v) is 11.9. The molecule has 0 aromatic carbocycles. The molecule has 0 aliphatic rings. The molecule has 5 heteroatoms. The molecule has 0 fully saturated rings. The number of rotatable bonds is 20. The van der Waals surface area contributed by atoms with Gasteiger partial charge in [0.2, 0.25) is 0 Å². The van der Waals surface area contributed by atoms with Crippen LogP contribution in [0.5, 0.6) is 0 Å². The van der Waals surface area contributed by atoms with E-state index in [0.29, 0.717) is 6.42 Å². The Bertz CT molecular complexity index is 470. The number of ether oxygens (including phenoxy) is 2. The standard InChI is InChI=1S/C25H44O5/c1-3-5-7-8-9-10-11-12-13-14-15-16-18-20-25(28)30-22-23(26)21-29-24(27)19-17-6-4-2/h4,6,17,19,23,26H,3,5,7-16,18,20-22H2,1-2H3/b6-4+,19-17+/t23-/m1/s1. The first-order valence-electron chi connectivity index (χ1n) is 11.9. The largest absolute Gasteiger partial charge is 0.463 e. The highest BCUT2D eigenvalue weighted by Gasteiger charge is 2.10. The minimum Gasteiger partial charge on any atom is -0.463 e. The van der Waals surface area contributed by atoms with Gasteiger partial charge in [-0.15, -0.1) is 0 Å². The van der Waals surface area contributed by atoms with Crippen LogP contribution < -0.4 is 0 Å². The van der Waals surface area contributed by atoms with Crippen molar-refractivity contribution >= 4 is 11.9 Å². The van der Waals surface area contributed by atoms with Crippen molar-refractivity contribution in [1.29, 1.82) is 0 Å². The van der Waals surface area contributed by atoms with Crippen molar-refractivity contribution in [3.8, 4) is 0 Å². The van der Waals surface area contributed by atoms with E-state index < -0.39 is 12.1 Å². The van der Waals surface area contributed by atoms with E-state index in [4.69, 9.17) is 9.47 Å². The molecule has 0 spiro atoms. The Morgan fingerprint density at radius 2 is 1.27 bits per heavy atom. The summed E-state index contributed by atoms with van der Waals surface area (Å²) >= 11 is 0. The molecule has 0 unspecified atom stereocenters. The van der Waals surface area contributed by atoms with E-state index in [-0.39, 0.29) is 19.2 Å². The third-order valence-corrected chi connectivity index (χ3v) is 4.88. The fraction of sp³-hybridized carbons (Fsp3) is 0.760. The van der Waals surface area contributed by atoms with Gasteiger partial charge in [0.05, 0.1) is 0 Å². The van der Waals surface area contributed by atoms with Crippen molar-refractivity contribution < 1.29 is 24.2 Å². The van der Waals surface area contributed by atoms with Crippen molar-refractivity contribution in [3.63, 3.8) is 0 Å². The monoisotopic (exact) mass is 424 g/mol. The van der Waals surface area contributed by atoms with E-state index in [9.17, 15) is 14.7 Å². The van der Waals surface area contributed by atoms with Crippen LogP contribution in [0, 0.1) is 0 Å². The predicted octanol–water partition coefficient (Wildman–Crippen LogP) is 6.05. The first-order chi connectivity index (χ1) is 14.6. The highest BCUT2D eigenvalue weighted by atomic mass is 16.6. The molecule has 5 nitrogen and oxygen atoms in total. The molecule has 0 rings (SSSR count). The average Bonchev–Trinajstić information content (AvgIpc) is 2.74. The zero-order chi connectivity index (χ0) is 22.3. The molecule has 0 saturated carbocycles. The number of carbonyl (C=O) groups excluding carboxylic acids is 2. The summed E-state index contributed by atoms with van der Waals surface area (Å²) in [5.74, 6) is -0.845. The second-order valence-electron chi connectivity index (χ2n) is 7.84. The molecule has 30 heavy (non-hydrogen) atoms. The molecule has 0 aliphatic heterocycles. The lowest BCUT2D eigenvalue weighted by atomic mass is 10.0. The van der Waals surface area contributed by atoms with E-state index in [1.165, 1.54) is 70.3 Å². The van der Waals surface area contributed by atoms with Crippen LogP contribution in [0.4, 0.5) is 0 Å². The number of hydrogen-bond donors (Lipinski definition) is 1. The van der Waals surface area contributed by atoms with Gasteiger partial charge < -0.3 is 14.6 Å². The molecule has 0 aromatic rings. The maximum atomic E-state index is 11.7. The molecule has 0 saturated heterocycles. The van der Waals surface area contributed by atoms with Crippen LogP contribution in [0.1, 0.15) is 104 Å². The Kier molecular flexibility index (Phi) is 20.9. The number of aliphatic hydroxyl groups is 1. The Morgan fingerprint density at radius 1 is 0.767 bits per heavy atom. The topological polar surface area (TPSA) is 72.8 Å². The van der Waals surface area contributed by atoms with Crippen LogP contribution in [0.15, 0.2) is 24.3 Å². The Morgan fingerprint density at radius 3 is 1.80 bits per heavy atom. The number of unbranched alkanes of at least 4 members (excludes halogenated alkanes) is 12. The molecule has 0 radical (unpaired) electrons. The predicted molar refractivity (Wildman–Crippen MR) is 122 cm³/mol. The fourth-order valence-electron chi connectivity index (χ4n) is 3.07. The number of hydrogen-bond acceptors (Lipinski definition) is 5. The molecular weight excluding hydrogens is 380 g/mol. The van der Waals surface area contributed by atoms with Gasteiger partial charge >= 0.3 is 11.9 Å². The minimum absolute atomic E-state index is 0.150. The molecule has 0 bridgehead atoms. The third kappa shape index (κ3) is 21.1. The van der Waals surface area contributed by atoms with Crippen molar-refractivity contribution in [3.05, 3.63) is 24.3 Å². The summed E-state index contributed by atoms with van der Waals surface area (Å²) in [4.78, 5) is 23.0. The van der Waals surface area contributed by atoms with Crippen molar-refractivity contribution in [2.75, 3.05) is 13.2 Å². The van der Waals surface area contributed by atoms with Crippen LogP contribution in [0.3, 0.4) is 0 Å². The van der Waals surface area contributed by atoms with Gasteiger partial charge in [0.1, 0.15) is 19.3 Å². The van der Waals surface area contributed by atoms with Crippen LogP contribution >= 0.6 is 0 Å². The average molecular weight is 425 g/mol. The van der Waals surface area contributed by atoms with Crippen LogP contribution in [-0.4, -0.2) is 36.4 Å². The maximum absolute atomic E-state index is 11.7. The first kappa shape index (κ1) is 28.4. The number of allylic oxidation sites excluding steroid dienone is 3. The summed E-state index contributed by atoms with van der Waals surface area (Å²) in [6, 6.07) is 0. The van der Waals surface area contributed by atoms with Crippen molar-refractivity contribution in [1.82, 2.24) is 0 Å². The molecule has 0 heterocycles. The zero-order valence-electron chi connectivity index (χ0n) is 19.3. The molecule has 1 atom stereocenters. The van der Waals surface area contributed by atoms with Gasteiger partial charge in [0.15, 0.2) is 0 Å². The highest BCUT2D eigenvalue weighted by Crippen LogP contribution is 2.13. The van der Waals surface area contributed by atoms with Gasteiger partial charge in [0.25, 0.3) is 0 Å². The molecular formula is C25H44O5. The Labute approximate surface area is 183 Å². The molecule has 174 valence electrons. The van der Waals surface area contributed by atoms with Gasteiger partial charge in [0, 0.05) is 12.5 Å². The van der Waals surface area contributed by atoms with E-state index in [1.54, 1.807) is 18.2 Å². The smallest absolute Gasteiger partial charge is 0.330 e. The summed E-state index contributed by atoms with van der Waals surface area (Å²) in [6.45, 7) is 3.75. The summed E-state index contributed by atoms with van der Waals surface area (Å²) < 4.78 is 9.90. The molecule has 0 amide bonds. The third-order valence-electron chi connectivity index (χ3n) is 4.88. The molecule has 0 aliphatic carbocycles. The summed E-state index contributed by atoms with van der Waals surface area (Å²) in [5.41, 5.74) is 0. The second kappa shape index (κ2) is 22.1. The quantitative estimate of drug-likeness (QED) is 0.111. The molecule has 1 N–H and O–H groups in total. The van der Waals surface area contributed by atoms with Crippen LogP contribution in [0.2, 0.25) is 0 Å². The normalized spacial score (nSPS) is 12.5. The van der Waals surface area contributed by atoms with Gasteiger partial charge in [-0.1, -0.05) is 102 Å². The lowest BCUT2D eigenvalue weighted by molar-refractivity contribution is -0.150. The highest BCUT2D eigenvalue weighted by molar-refractivity contribution is 5.82. The van der Waals surface area contributed by atoms with E-state index >= 15 is 0 Å². The Hall–Kier alpha value is -1.62. The summed E-state index contributed by atoms with van der Waals surface area (Å²) in [6.07, 6.45) is 22.1. The van der Waals surface area contributed by atoms with Gasteiger partial charge in [-0.2, -0.15) is 0 Å². The number of carbonyl (C=O) groups is 2. The van der Waals surface area contributed by atoms with Crippen LogP contribution in [0.25, 0.3) is 0 Å². The number of aliphatic hydroxyl groups excluding tert-OH is 1. The maximum Gasteiger partial charge on any atom is 0.330 e. The molecule has 0 aromatic heterocycles. The SMILES string of the molecule is C/C=C/C=C/C(=O)OC[C@@H](O)COC(=O)CCCCCCCCCCCCCCC. The van der Waals surface area contributed by atoms with E-state index in [0.717, 1.165) is 19.3 Å². The Balaban J connectivity index is 3.43. The lowest BCUT2D eigenvalue weighted by Gasteiger charge is -2.11. The second-order valence-corrected chi connectivity index (χ2v) is 7.84. The van der Waals surface area contributed by atoms with E-state index in [2.05, 4.69) is 6.92 Å². The van der Waals surface area contributed by atoms with Crippen molar-refractivity contribution in [2.24, 2.45) is 0 Å². The van der Waals surface area contributed by atoms with Gasteiger partial charge in [-0.25, -0.2) is 4.79 Å². The summed E-state index contributed by atoms with van der Waals surface area (Å²) in [7, 11) is 0. The van der Waals surface area contributed by atoms with E-state index in [1.807, 2.05) is 6.92 Å². The summed E-state index contributed by atoms with van der Waals surface area (Å²) in [5, 5.41) is 9.71. The van der Waals surface area contributed by atoms with Crippen LogP contribution in [-0.2, 0) is 19.1 Å². The zero-order valence-corrected chi connectivity index (χ0v) is 19.3. The fourth-order valence-corrected chi connectivity index (χ4v) is 3.07. The lowest BCUT2D eigenvalue weighted by Crippen LogP contribution is -2.24. The van der Waals surface area contributed by atoms with Gasteiger partial charge in [-0.05, 0) is 13.3 Å². The van der Waals surface area contributed by atoms with Gasteiger partial charge in [-0.3, -0.25) is 4.79 Å². The minimum atomic E-state index is -1.00. The van der Waals surface area contributed by atoms with Crippen molar-refractivity contribution in [2.45, 2.75) is 110 Å². The number of esters is 2.